The first-order chi connectivity index (χ1) is 10.1. The third-order valence-corrected chi connectivity index (χ3v) is 3.96. The highest BCUT2D eigenvalue weighted by Crippen LogP contribution is 2.25. The van der Waals surface area contributed by atoms with Crippen LogP contribution < -0.4 is 5.32 Å². The maximum Gasteiger partial charge on any atom is 0.326 e. The second-order valence-corrected chi connectivity index (χ2v) is 6.25. The van der Waals surface area contributed by atoms with E-state index in [1.54, 1.807) is 0 Å². The number of esters is 1. The van der Waals surface area contributed by atoms with Crippen LogP contribution in [0.3, 0.4) is 0 Å². The van der Waals surface area contributed by atoms with E-state index in [-0.39, 0.29) is 5.97 Å². The van der Waals surface area contributed by atoms with Crippen molar-refractivity contribution in [3.8, 4) is 0 Å². The van der Waals surface area contributed by atoms with Gasteiger partial charge in [-0.3, -0.25) is 10.1 Å². The molecule has 0 aliphatic heterocycles. The Morgan fingerprint density at radius 2 is 1.86 bits per heavy atom. The second kappa shape index (κ2) is 10.2. The summed E-state index contributed by atoms with van der Waals surface area (Å²) in [5, 5.41) is 3.42. The Balaban J connectivity index is 2.18. The van der Waals surface area contributed by atoms with Gasteiger partial charge in [0.25, 0.3) is 0 Å². The second-order valence-electron chi connectivity index (χ2n) is 6.25. The summed E-state index contributed by atoms with van der Waals surface area (Å²) in [7, 11) is 0. The van der Waals surface area contributed by atoms with Crippen LogP contribution in [0.5, 0.6) is 0 Å². The van der Waals surface area contributed by atoms with E-state index in [1.165, 1.54) is 25.7 Å². The van der Waals surface area contributed by atoms with E-state index < -0.39 is 5.54 Å². The highest BCUT2D eigenvalue weighted by atomic mass is 16.5. The average molecular weight is 299 g/mol. The maximum atomic E-state index is 12.1. The molecule has 1 N–H and O–H groups in total. The summed E-state index contributed by atoms with van der Waals surface area (Å²) in [4.78, 5) is 12.1. The predicted molar refractivity (Wildman–Crippen MR) is 85.4 cm³/mol. The smallest absolute Gasteiger partial charge is 0.326 e. The average Bonchev–Trinajstić information content (AvgIpc) is 3.26. The van der Waals surface area contributed by atoms with E-state index in [2.05, 4.69) is 12.2 Å². The molecule has 0 heterocycles. The minimum Gasteiger partial charge on any atom is -0.465 e. The van der Waals surface area contributed by atoms with Crippen LogP contribution in [0.4, 0.5) is 0 Å². The largest absolute Gasteiger partial charge is 0.465 e. The van der Waals surface area contributed by atoms with Crippen molar-refractivity contribution in [3.63, 3.8) is 0 Å². The van der Waals surface area contributed by atoms with Crippen LogP contribution in [0.2, 0.25) is 0 Å². The Bertz CT molecular complexity index is 292. The lowest BCUT2D eigenvalue weighted by atomic mass is 9.98. The number of nitrogens with one attached hydrogen (secondary N) is 1. The van der Waals surface area contributed by atoms with Crippen molar-refractivity contribution in [2.75, 3.05) is 19.8 Å². The number of hydrogen-bond acceptors (Lipinski definition) is 4. The Labute approximate surface area is 130 Å². The summed E-state index contributed by atoms with van der Waals surface area (Å²) in [5.41, 5.74) is -0.598. The molecule has 1 rings (SSSR count). The first-order valence-electron chi connectivity index (χ1n) is 8.65. The number of carbonyl (C=O) groups excluding carboxylic acids is 1. The van der Waals surface area contributed by atoms with Crippen LogP contribution in [0.25, 0.3) is 0 Å². The first-order valence-corrected chi connectivity index (χ1v) is 8.65. The predicted octanol–water partition coefficient (Wildman–Crippen LogP) is 3.44. The lowest BCUT2D eigenvalue weighted by molar-refractivity contribution is -0.151. The molecule has 0 bridgehead atoms. The van der Waals surface area contributed by atoms with Crippen LogP contribution in [-0.4, -0.2) is 37.4 Å². The molecule has 21 heavy (non-hydrogen) atoms. The molecule has 0 aromatic rings. The third kappa shape index (κ3) is 7.82. The maximum absolute atomic E-state index is 12.1. The summed E-state index contributed by atoms with van der Waals surface area (Å²) < 4.78 is 10.9. The van der Waals surface area contributed by atoms with Gasteiger partial charge in [-0.2, -0.15) is 0 Å². The zero-order valence-corrected chi connectivity index (χ0v) is 14.1. The molecule has 0 radical (unpaired) electrons. The molecule has 0 amide bonds. The molecule has 1 aliphatic rings. The highest BCUT2D eigenvalue weighted by molar-refractivity contribution is 5.80. The monoisotopic (exact) mass is 299 g/mol. The standard InChI is InChI=1S/C17H33NO3/c1-4-6-7-8-9-13-20-14-12-17(3,16(19)21-5-2)18-15-10-11-15/h15,18H,4-14H2,1-3H3. The van der Waals surface area contributed by atoms with Gasteiger partial charge in [0.1, 0.15) is 5.54 Å². The van der Waals surface area contributed by atoms with Gasteiger partial charge in [-0.15, -0.1) is 0 Å². The summed E-state index contributed by atoms with van der Waals surface area (Å²) in [6.07, 6.45) is 9.23. The molecule has 1 saturated carbocycles. The van der Waals surface area contributed by atoms with Crippen LogP contribution in [0.1, 0.15) is 72.1 Å². The summed E-state index contributed by atoms with van der Waals surface area (Å²) in [5.74, 6) is -0.150. The van der Waals surface area contributed by atoms with Crippen LogP contribution in [0, 0.1) is 0 Å². The van der Waals surface area contributed by atoms with Crippen molar-refractivity contribution in [3.05, 3.63) is 0 Å². The molecule has 1 fully saturated rings. The van der Waals surface area contributed by atoms with E-state index in [9.17, 15) is 4.79 Å². The molecule has 0 aromatic carbocycles. The van der Waals surface area contributed by atoms with E-state index in [0.29, 0.717) is 25.7 Å². The van der Waals surface area contributed by atoms with Crippen molar-refractivity contribution >= 4 is 5.97 Å². The molecule has 1 atom stereocenters. The van der Waals surface area contributed by atoms with Crippen molar-refractivity contribution < 1.29 is 14.3 Å². The topological polar surface area (TPSA) is 47.6 Å². The van der Waals surface area contributed by atoms with Crippen LogP contribution in [-0.2, 0) is 14.3 Å². The normalized spacial score (nSPS) is 17.5. The minimum atomic E-state index is -0.598. The van der Waals surface area contributed by atoms with Crippen molar-refractivity contribution in [1.82, 2.24) is 5.32 Å². The van der Waals surface area contributed by atoms with Crippen molar-refractivity contribution in [2.24, 2.45) is 0 Å². The number of rotatable bonds is 13. The Morgan fingerprint density at radius 3 is 2.48 bits per heavy atom. The van der Waals surface area contributed by atoms with Gasteiger partial charge in [0.15, 0.2) is 0 Å². The van der Waals surface area contributed by atoms with Crippen molar-refractivity contribution in [1.29, 1.82) is 0 Å². The van der Waals surface area contributed by atoms with Crippen molar-refractivity contribution in [2.45, 2.75) is 83.7 Å². The Hall–Kier alpha value is -0.610. The number of carbonyl (C=O) groups is 1. The van der Waals surface area contributed by atoms with Crippen LogP contribution in [0.15, 0.2) is 0 Å². The molecule has 124 valence electrons. The highest BCUT2D eigenvalue weighted by Gasteiger charge is 2.39. The van der Waals surface area contributed by atoms with E-state index in [1.807, 2.05) is 13.8 Å². The first kappa shape index (κ1) is 18.4. The Morgan fingerprint density at radius 1 is 1.14 bits per heavy atom. The fraction of sp³-hybridized carbons (Fsp3) is 0.941. The fourth-order valence-electron chi connectivity index (χ4n) is 2.39. The van der Waals surface area contributed by atoms with Gasteiger partial charge in [0.2, 0.25) is 0 Å². The van der Waals surface area contributed by atoms with Gasteiger partial charge in [0, 0.05) is 19.3 Å². The molecule has 1 aliphatic carbocycles. The number of unbranched alkanes of at least 4 members (excludes halogenated alkanes) is 4. The van der Waals surface area contributed by atoms with Gasteiger partial charge in [0.05, 0.1) is 6.61 Å². The number of ether oxygens (including phenoxy) is 2. The molecule has 0 saturated heterocycles. The van der Waals surface area contributed by atoms with Gasteiger partial charge >= 0.3 is 5.97 Å². The molecule has 0 aromatic heterocycles. The Kier molecular flexibility index (Phi) is 8.93. The van der Waals surface area contributed by atoms with Gasteiger partial charge in [-0.05, 0) is 39.5 Å². The summed E-state index contributed by atoms with van der Waals surface area (Å²) in [6.45, 7) is 7.85. The number of hydrogen-bond donors (Lipinski definition) is 1. The lowest BCUT2D eigenvalue weighted by Gasteiger charge is -2.28. The quantitative estimate of drug-likeness (QED) is 0.418. The van der Waals surface area contributed by atoms with Crippen LogP contribution >= 0.6 is 0 Å². The third-order valence-electron chi connectivity index (χ3n) is 3.96. The van der Waals surface area contributed by atoms with Gasteiger partial charge in [-0.25, -0.2) is 0 Å². The molecule has 1 unspecified atom stereocenters. The summed E-state index contributed by atoms with van der Waals surface area (Å²) in [6, 6.07) is 0.480. The SMILES string of the molecule is CCCCCCCOCCC(C)(NC1CC1)C(=O)OCC. The molecular formula is C17H33NO3. The molecule has 4 heteroatoms. The zero-order chi connectivity index (χ0) is 15.6. The van der Waals surface area contributed by atoms with Gasteiger partial charge < -0.3 is 9.47 Å². The minimum absolute atomic E-state index is 0.150. The summed E-state index contributed by atoms with van der Waals surface area (Å²) >= 11 is 0. The molecule has 0 spiro atoms. The van der Waals surface area contributed by atoms with E-state index in [4.69, 9.17) is 9.47 Å². The van der Waals surface area contributed by atoms with Gasteiger partial charge in [-0.1, -0.05) is 32.6 Å². The molecule has 4 nitrogen and oxygen atoms in total. The van der Waals surface area contributed by atoms with E-state index >= 15 is 0 Å². The zero-order valence-electron chi connectivity index (χ0n) is 14.1. The lowest BCUT2D eigenvalue weighted by Crippen LogP contribution is -2.52. The fourth-order valence-corrected chi connectivity index (χ4v) is 2.39. The molecular weight excluding hydrogens is 266 g/mol. The van der Waals surface area contributed by atoms with E-state index in [0.717, 1.165) is 25.9 Å².